The molecule has 1 N–H and O–H groups in total. The Kier molecular flexibility index (Phi) is 3.57. The Morgan fingerprint density at radius 3 is 2.64 bits per heavy atom. The first-order valence-corrected chi connectivity index (χ1v) is 7.82. The highest BCUT2D eigenvalue weighted by atomic mass is 16.4. The molecule has 25 heavy (non-hydrogen) atoms. The number of hydrogen-bond donors (Lipinski definition) is 1. The molecule has 2 aromatic carbocycles. The number of rotatable bonds is 4. The third-order valence-electron chi connectivity index (χ3n) is 3.97. The van der Waals surface area contributed by atoms with E-state index in [1.54, 1.807) is 10.8 Å². The van der Waals surface area contributed by atoms with E-state index >= 15 is 0 Å². The predicted molar refractivity (Wildman–Crippen MR) is 93.0 cm³/mol. The van der Waals surface area contributed by atoms with Gasteiger partial charge in [-0.1, -0.05) is 42.0 Å². The predicted octanol–water partition coefficient (Wildman–Crippen LogP) is 3.75. The molecule has 0 aliphatic carbocycles. The molecule has 6 heteroatoms. The van der Waals surface area contributed by atoms with Crippen molar-refractivity contribution in [3.8, 4) is 23.0 Å². The van der Waals surface area contributed by atoms with Crippen molar-refractivity contribution in [1.29, 1.82) is 0 Å². The Labute approximate surface area is 143 Å². The average Bonchev–Trinajstić information content (AvgIpc) is 3.19. The van der Waals surface area contributed by atoms with Crippen molar-refractivity contribution in [3.63, 3.8) is 0 Å². The lowest BCUT2D eigenvalue weighted by molar-refractivity contribution is -0.137. The number of carbonyl (C=O) groups is 1. The molecule has 0 atom stereocenters. The molecule has 0 saturated heterocycles. The summed E-state index contributed by atoms with van der Waals surface area (Å²) in [6, 6.07) is 15.2. The van der Waals surface area contributed by atoms with E-state index in [9.17, 15) is 9.90 Å². The zero-order valence-corrected chi connectivity index (χ0v) is 13.5. The normalized spacial score (nSPS) is 11.1. The van der Waals surface area contributed by atoms with Crippen LogP contribution in [0.5, 0.6) is 0 Å². The molecule has 0 saturated carbocycles. The fourth-order valence-electron chi connectivity index (χ4n) is 2.76. The maximum absolute atomic E-state index is 11.4. The molecule has 6 nitrogen and oxygen atoms in total. The van der Waals surface area contributed by atoms with Gasteiger partial charge in [-0.2, -0.15) is 0 Å². The smallest absolute Gasteiger partial charge is 0.323 e. The summed E-state index contributed by atoms with van der Waals surface area (Å²) in [4.78, 5) is 20.2. The van der Waals surface area contributed by atoms with Gasteiger partial charge < -0.3 is 14.1 Å². The van der Waals surface area contributed by atoms with Crippen LogP contribution in [0.3, 0.4) is 0 Å². The number of aliphatic carboxylic acids is 1. The van der Waals surface area contributed by atoms with Gasteiger partial charge in [-0.25, -0.2) is 9.97 Å². The average molecular weight is 333 g/mol. The SMILES string of the molecule is Cc1ccc(-c2ncc(-c3nc4ccccc4o3)n2CC(=O)O)cc1. The topological polar surface area (TPSA) is 81.2 Å². The molecule has 0 bridgehead atoms. The van der Waals surface area contributed by atoms with Gasteiger partial charge in [0.25, 0.3) is 0 Å². The Hall–Kier alpha value is -3.41. The molecule has 0 fully saturated rings. The second-order valence-corrected chi connectivity index (χ2v) is 5.80. The number of aryl methyl sites for hydroxylation is 1. The molecule has 0 aliphatic heterocycles. The monoisotopic (exact) mass is 333 g/mol. The molecule has 0 radical (unpaired) electrons. The largest absolute Gasteiger partial charge is 0.480 e. The first-order valence-electron chi connectivity index (χ1n) is 7.82. The van der Waals surface area contributed by atoms with Gasteiger partial charge in [0.1, 0.15) is 23.6 Å². The van der Waals surface area contributed by atoms with E-state index in [-0.39, 0.29) is 6.54 Å². The molecule has 4 rings (SSSR count). The highest BCUT2D eigenvalue weighted by Crippen LogP contribution is 2.28. The van der Waals surface area contributed by atoms with Crippen molar-refractivity contribution in [2.24, 2.45) is 0 Å². The summed E-state index contributed by atoms with van der Waals surface area (Å²) in [5.74, 6) is -0.0308. The molecule has 2 aromatic heterocycles. The Morgan fingerprint density at radius 1 is 1.16 bits per heavy atom. The van der Waals surface area contributed by atoms with E-state index in [0.717, 1.165) is 16.6 Å². The number of hydrogen-bond acceptors (Lipinski definition) is 4. The van der Waals surface area contributed by atoms with Crippen molar-refractivity contribution >= 4 is 17.1 Å². The number of fused-ring (bicyclic) bond motifs is 1. The fraction of sp³-hybridized carbons (Fsp3) is 0.105. The Balaban J connectivity index is 1.87. The standard InChI is InChI=1S/C19H15N3O3/c1-12-6-8-13(9-7-12)18-20-10-15(22(18)11-17(23)24)19-21-14-4-2-3-5-16(14)25-19/h2-10H,11H2,1H3,(H,23,24). The lowest BCUT2D eigenvalue weighted by atomic mass is 10.1. The summed E-state index contributed by atoms with van der Waals surface area (Å²) in [5.41, 5.74) is 3.87. The number of oxazole rings is 1. The summed E-state index contributed by atoms with van der Waals surface area (Å²) in [6.07, 6.45) is 1.60. The van der Waals surface area contributed by atoms with E-state index < -0.39 is 5.97 Å². The Morgan fingerprint density at radius 2 is 1.92 bits per heavy atom. The highest BCUT2D eigenvalue weighted by Gasteiger charge is 2.19. The van der Waals surface area contributed by atoms with E-state index in [1.165, 1.54) is 0 Å². The molecule has 124 valence electrons. The maximum atomic E-state index is 11.4. The van der Waals surface area contributed by atoms with E-state index in [1.807, 2.05) is 55.5 Å². The number of benzene rings is 2. The van der Waals surface area contributed by atoms with E-state index in [2.05, 4.69) is 9.97 Å². The molecule has 0 aliphatic rings. The third kappa shape index (κ3) is 2.78. The number of nitrogens with zero attached hydrogens (tertiary/aromatic N) is 3. The number of para-hydroxylation sites is 2. The lowest BCUT2D eigenvalue weighted by Crippen LogP contribution is -2.11. The minimum atomic E-state index is -0.955. The maximum Gasteiger partial charge on any atom is 0.323 e. The quantitative estimate of drug-likeness (QED) is 0.615. The summed E-state index contributed by atoms with van der Waals surface area (Å²) < 4.78 is 7.39. The van der Waals surface area contributed by atoms with Crippen molar-refractivity contribution in [2.45, 2.75) is 13.5 Å². The van der Waals surface area contributed by atoms with Gasteiger partial charge in [0.2, 0.25) is 5.89 Å². The van der Waals surface area contributed by atoms with Crippen molar-refractivity contribution < 1.29 is 14.3 Å². The molecule has 2 heterocycles. The summed E-state index contributed by atoms with van der Waals surface area (Å²) in [5, 5.41) is 9.31. The van der Waals surface area contributed by atoms with Crippen LogP contribution in [0.4, 0.5) is 0 Å². The summed E-state index contributed by atoms with van der Waals surface area (Å²) in [6.45, 7) is 1.77. The molecular formula is C19H15N3O3. The van der Waals surface area contributed by atoms with Crippen LogP contribution in [0.15, 0.2) is 59.1 Å². The van der Waals surface area contributed by atoms with Gasteiger partial charge in [-0.05, 0) is 19.1 Å². The molecule has 0 spiro atoms. The number of carboxylic acid groups (broad SMARTS) is 1. The first kappa shape index (κ1) is 15.1. The fourth-order valence-corrected chi connectivity index (χ4v) is 2.76. The van der Waals surface area contributed by atoms with Crippen molar-refractivity contribution in [2.75, 3.05) is 0 Å². The molecular weight excluding hydrogens is 318 g/mol. The van der Waals surface area contributed by atoms with Crippen LogP contribution in [0.2, 0.25) is 0 Å². The highest BCUT2D eigenvalue weighted by molar-refractivity contribution is 5.76. The number of carboxylic acids is 1. The number of imidazole rings is 1. The van der Waals surface area contributed by atoms with Crippen LogP contribution in [-0.2, 0) is 11.3 Å². The summed E-state index contributed by atoms with van der Waals surface area (Å²) in [7, 11) is 0. The minimum Gasteiger partial charge on any atom is -0.480 e. The zero-order valence-electron chi connectivity index (χ0n) is 13.5. The van der Waals surface area contributed by atoms with Gasteiger partial charge in [0.15, 0.2) is 5.58 Å². The van der Waals surface area contributed by atoms with Crippen LogP contribution in [0.25, 0.3) is 34.1 Å². The second-order valence-electron chi connectivity index (χ2n) is 5.80. The number of aromatic nitrogens is 3. The van der Waals surface area contributed by atoms with Crippen molar-refractivity contribution in [1.82, 2.24) is 14.5 Å². The van der Waals surface area contributed by atoms with Crippen LogP contribution in [0.1, 0.15) is 5.56 Å². The zero-order chi connectivity index (χ0) is 17.4. The summed E-state index contributed by atoms with van der Waals surface area (Å²) >= 11 is 0. The first-order chi connectivity index (χ1) is 12.1. The second kappa shape index (κ2) is 5.90. The lowest BCUT2D eigenvalue weighted by Gasteiger charge is -2.08. The van der Waals surface area contributed by atoms with Gasteiger partial charge in [0, 0.05) is 5.56 Å². The van der Waals surface area contributed by atoms with Gasteiger partial charge in [-0.15, -0.1) is 0 Å². The molecule has 0 unspecified atom stereocenters. The van der Waals surface area contributed by atoms with Crippen LogP contribution in [-0.4, -0.2) is 25.6 Å². The van der Waals surface area contributed by atoms with Gasteiger partial charge >= 0.3 is 5.97 Å². The van der Waals surface area contributed by atoms with Gasteiger partial charge in [-0.3, -0.25) is 4.79 Å². The van der Waals surface area contributed by atoms with Crippen LogP contribution >= 0.6 is 0 Å². The molecule has 4 aromatic rings. The van der Waals surface area contributed by atoms with Crippen molar-refractivity contribution in [3.05, 3.63) is 60.3 Å². The van der Waals surface area contributed by atoms with Gasteiger partial charge in [0.05, 0.1) is 6.20 Å². The van der Waals surface area contributed by atoms with Crippen LogP contribution in [0, 0.1) is 6.92 Å². The molecule has 0 amide bonds. The van der Waals surface area contributed by atoms with Crippen LogP contribution < -0.4 is 0 Å². The minimum absolute atomic E-state index is 0.225. The third-order valence-corrected chi connectivity index (χ3v) is 3.97. The van der Waals surface area contributed by atoms with E-state index in [4.69, 9.17) is 4.42 Å². The van der Waals surface area contributed by atoms with E-state index in [0.29, 0.717) is 23.0 Å². The Bertz CT molecular complexity index is 1030.